The van der Waals surface area contributed by atoms with Crippen molar-refractivity contribution in [2.24, 2.45) is 0 Å². The summed E-state index contributed by atoms with van der Waals surface area (Å²) in [6, 6.07) is 4.66. The van der Waals surface area contributed by atoms with Crippen molar-refractivity contribution in [3.05, 3.63) is 28.8 Å². The highest BCUT2D eigenvalue weighted by atomic mass is 35.5. The smallest absolute Gasteiger partial charge is 0.387 e. The van der Waals surface area contributed by atoms with Gasteiger partial charge in [-0.2, -0.15) is 8.78 Å². The van der Waals surface area contributed by atoms with Crippen LogP contribution in [0.5, 0.6) is 5.75 Å². The van der Waals surface area contributed by atoms with Gasteiger partial charge < -0.3 is 10.1 Å². The molecule has 0 fully saturated rings. The first kappa shape index (κ1) is 15.2. The molecule has 0 aliphatic carbocycles. The van der Waals surface area contributed by atoms with E-state index in [1.807, 2.05) is 0 Å². The molecule has 18 heavy (non-hydrogen) atoms. The van der Waals surface area contributed by atoms with Crippen LogP contribution < -0.4 is 10.1 Å². The maximum absolute atomic E-state index is 12.2. The Morgan fingerprint density at radius 2 is 2.11 bits per heavy atom. The minimum atomic E-state index is -2.81. The molecule has 1 aromatic carbocycles. The summed E-state index contributed by atoms with van der Waals surface area (Å²) in [6.07, 6.45) is 3.38. The Morgan fingerprint density at radius 3 is 2.78 bits per heavy atom. The molecule has 1 aromatic rings. The van der Waals surface area contributed by atoms with Crippen molar-refractivity contribution in [2.75, 3.05) is 6.54 Å². The fourth-order valence-corrected chi connectivity index (χ4v) is 1.81. The fraction of sp³-hybridized carbons (Fsp3) is 0.538. The van der Waals surface area contributed by atoms with Gasteiger partial charge in [-0.25, -0.2) is 0 Å². The van der Waals surface area contributed by atoms with Crippen molar-refractivity contribution in [1.82, 2.24) is 5.32 Å². The Kier molecular flexibility index (Phi) is 6.98. The first-order chi connectivity index (χ1) is 8.63. The van der Waals surface area contributed by atoms with Crippen LogP contribution in [0, 0.1) is 0 Å². The second-order valence-corrected chi connectivity index (χ2v) is 4.45. The second-order valence-electron chi connectivity index (χ2n) is 4.01. The van der Waals surface area contributed by atoms with E-state index in [-0.39, 0.29) is 5.75 Å². The van der Waals surface area contributed by atoms with Crippen LogP contribution in [0.15, 0.2) is 18.2 Å². The van der Waals surface area contributed by atoms with Crippen molar-refractivity contribution in [3.8, 4) is 5.75 Å². The molecule has 0 unspecified atom stereocenters. The minimum absolute atomic E-state index is 0.178. The average molecular weight is 278 g/mol. The van der Waals surface area contributed by atoms with E-state index in [1.54, 1.807) is 12.1 Å². The molecule has 1 N–H and O–H groups in total. The third kappa shape index (κ3) is 5.65. The standard InChI is InChI=1S/C13H18ClF2NO/c1-2-3-4-7-17-9-10-8-11(14)5-6-12(10)18-13(15)16/h5-6,8,13,17H,2-4,7,9H2,1H3. The normalized spacial score (nSPS) is 10.9. The Labute approximate surface area is 111 Å². The maximum Gasteiger partial charge on any atom is 0.387 e. The second kappa shape index (κ2) is 8.27. The highest BCUT2D eigenvalue weighted by Gasteiger charge is 2.09. The summed E-state index contributed by atoms with van der Waals surface area (Å²) in [6.45, 7) is 0.650. The van der Waals surface area contributed by atoms with Crippen LogP contribution in [0.25, 0.3) is 0 Å². The van der Waals surface area contributed by atoms with Crippen LogP contribution >= 0.6 is 11.6 Å². The first-order valence-corrected chi connectivity index (χ1v) is 6.45. The summed E-state index contributed by atoms with van der Waals surface area (Å²) in [4.78, 5) is 0. The van der Waals surface area contributed by atoms with E-state index in [2.05, 4.69) is 17.0 Å². The molecule has 0 saturated heterocycles. The number of hydrogen-bond donors (Lipinski definition) is 1. The van der Waals surface area contributed by atoms with Gasteiger partial charge in [0.05, 0.1) is 0 Å². The first-order valence-electron chi connectivity index (χ1n) is 6.07. The molecule has 0 radical (unpaired) electrons. The van der Waals surface area contributed by atoms with Gasteiger partial charge in [-0.15, -0.1) is 0 Å². The van der Waals surface area contributed by atoms with Crippen LogP contribution in [0.4, 0.5) is 8.78 Å². The maximum atomic E-state index is 12.2. The number of unbranched alkanes of at least 4 members (excludes halogenated alkanes) is 2. The number of halogens is 3. The van der Waals surface area contributed by atoms with Crippen LogP contribution in [0.1, 0.15) is 31.7 Å². The molecule has 102 valence electrons. The van der Waals surface area contributed by atoms with Gasteiger partial charge in [0.25, 0.3) is 0 Å². The molecule has 0 aliphatic rings. The van der Waals surface area contributed by atoms with E-state index in [0.29, 0.717) is 17.1 Å². The van der Waals surface area contributed by atoms with Gasteiger partial charge in [-0.3, -0.25) is 0 Å². The average Bonchev–Trinajstić information content (AvgIpc) is 2.31. The number of hydrogen-bond acceptors (Lipinski definition) is 2. The Hall–Kier alpha value is -0.870. The van der Waals surface area contributed by atoms with Crippen molar-refractivity contribution >= 4 is 11.6 Å². The van der Waals surface area contributed by atoms with E-state index < -0.39 is 6.61 Å². The number of rotatable bonds is 8. The molecule has 0 saturated carbocycles. The fourth-order valence-electron chi connectivity index (χ4n) is 1.62. The van der Waals surface area contributed by atoms with Gasteiger partial charge in [0.2, 0.25) is 0 Å². The van der Waals surface area contributed by atoms with Crippen LogP contribution in [-0.4, -0.2) is 13.2 Å². The lowest BCUT2D eigenvalue weighted by atomic mass is 10.2. The topological polar surface area (TPSA) is 21.3 Å². The minimum Gasteiger partial charge on any atom is -0.434 e. The summed E-state index contributed by atoms with van der Waals surface area (Å²) in [5.41, 5.74) is 0.652. The number of alkyl halides is 2. The lowest BCUT2D eigenvalue weighted by Crippen LogP contribution is -2.16. The predicted octanol–water partition coefficient (Wildman–Crippen LogP) is 4.22. The van der Waals surface area contributed by atoms with Crippen molar-refractivity contribution < 1.29 is 13.5 Å². The number of nitrogens with one attached hydrogen (secondary N) is 1. The van der Waals surface area contributed by atoms with Crippen LogP contribution in [-0.2, 0) is 6.54 Å². The van der Waals surface area contributed by atoms with Crippen LogP contribution in [0.2, 0.25) is 5.02 Å². The summed E-state index contributed by atoms with van der Waals surface area (Å²) < 4.78 is 28.9. The van der Waals surface area contributed by atoms with Crippen molar-refractivity contribution in [3.63, 3.8) is 0 Å². The van der Waals surface area contributed by atoms with Crippen molar-refractivity contribution in [2.45, 2.75) is 39.3 Å². The third-order valence-electron chi connectivity index (χ3n) is 2.51. The Morgan fingerprint density at radius 1 is 1.33 bits per heavy atom. The van der Waals surface area contributed by atoms with Gasteiger partial charge in [0.1, 0.15) is 5.75 Å². The van der Waals surface area contributed by atoms with Gasteiger partial charge in [-0.05, 0) is 31.2 Å². The lowest BCUT2D eigenvalue weighted by molar-refractivity contribution is -0.0504. The summed E-state index contributed by atoms with van der Waals surface area (Å²) in [7, 11) is 0. The molecule has 0 bridgehead atoms. The Balaban J connectivity index is 2.53. The van der Waals surface area contributed by atoms with Gasteiger partial charge >= 0.3 is 6.61 Å². The highest BCUT2D eigenvalue weighted by Crippen LogP contribution is 2.24. The zero-order valence-corrected chi connectivity index (χ0v) is 11.1. The molecule has 0 amide bonds. The summed E-state index contributed by atoms with van der Waals surface area (Å²) in [5, 5.41) is 3.71. The third-order valence-corrected chi connectivity index (χ3v) is 2.75. The molecule has 5 heteroatoms. The molecule has 0 spiro atoms. The van der Waals surface area contributed by atoms with E-state index >= 15 is 0 Å². The molecular formula is C13H18ClF2NO. The molecule has 0 aromatic heterocycles. The van der Waals surface area contributed by atoms with Gasteiger partial charge in [0, 0.05) is 17.1 Å². The molecule has 0 heterocycles. The van der Waals surface area contributed by atoms with Gasteiger partial charge in [0.15, 0.2) is 0 Å². The largest absolute Gasteiger partial charge is 0.434 e. The summed E-state index contributed by atoms with van der Waals surface area (Å²) >= 11 is 5.85. The number of ether oxygens (including phenoxy) is 1. The Bertz CT molecular complexity index is 361. The van der Waals surface area contributed by atoms with E-state index in [1.165, 1.54) is 6.07 Å². The van der Waals surface area contributed by atoms with Crippen LogP contribution in [0.3, 0.4) is 0 Å². The summed E-state index contributed by atoms with van der Waals surface area (Å²) in [5.74, 6) is 0.178. The molecular weight excluding hydrogens is 260 g/mol. The molecule has 2 nitrogen and oxygen atoms in total. The monoisotopic (exact) mass is 277 g/mol. The molecule has 1 rings (SSSR count). The number of benzene rings is 1. The van der Waals surface area contributed by atoms with Gasteiger partial charge in [-0.1, -0.05) is 31.4 Å². The highest BCUT2D eigenvalue weighted by molar-refractivity contribution is 6.30. The molecule has 0 aliphatic heterocycles. The van der Waals surface area contributed by atoms with E-state index in [0.717, 1.165) is 25.8 Å². The van der Waals surface area contributed by atoms with E-state index in [4.69, 9.17) is 11.6 Å². The predicted molar refractivity (Wildman–Crippen MR) is 69.3 cm³/mol. The zero-order valence-electron chi connectivity index (χ0n) is 10.4. The lowest BCUT2D eigenvalue weighted by Gasteiger charge is -2.12. The molecule has 0 atom stereocenters. The quantitative estimate of drug-likeness (QED) is 0.718. The van der Waals surface area contributed by atoms with Crippen molar-refractivity contribution in [1.29, 1.82) is 0 Å². The SMILES string of the molecule is CCCCCNCc1cc(Cl)ccc1OC(F)F. The zero-order chi connectivity index (χ0) is 13.4. The van der Waals surface area contributed by atoms with E-state index in [9.17, 15) is 8.78 Å².